The van der Waals surface area contributed by atoms with E-state index in [0.29, 0.717) is 18.2 Å². The van der Waals surface area contributed by atoms with Gasteiger partial charge < -0.3 is 15.6 Å². The Bertz CT molecular complexity index is 1050. The molecule has 7 nitrogen and oxygen atoms in total. The van der Waals surface area contributed by atoms with Crippen molar-refractivity contribution in [1.29, 1.82) is 0 Å². The van der Waals surface area contributed by atoms with Crippen LogP contribution in [0.2, 0.25) is 0 Å². The van der Waals surface area contributed by atoms with Gasteiger partial charge >= 0.3 is 6.01 Å². The lowest BCUT2D eigenvalue weighted by Crippen LogP contribution is -2.04. The van der Waals surface area contributed by atoms with E-state index >= 15 is 0 Å². The van der Waals surface area contributed by atoms with E-state index in [9.17, 15) is 0 Å². The van der Waals surface area contributed by atoms with Crippen LogP contribution in [0.25, 0.3) is 32.5 Å². The van der Waals surface area contributed by atoms with Crippen LogP contribution in [-0.4, -0.2) is 38.3 Å². The summed E-state index contributed by atoms with van der Waals surface area (Å²) < 4.78 is 5.57. The molecule has 0 aliphatic heterocycles. The fourth-order valence-electron chi connectivity index (χ4n) is 2.54. The third-order valence-corrected chi connectivity index (χ3v) is 4.46. The van der Waals surface area contributed by atoms with Crippen LogP contribution in [0.4, 0.5) is 5.13 Å². The van der Waals surface area contributed by atoms with Crippen LogP contribution >= 0.6 is 11.3 Å². The zero-order valence-corrected chi connectivity index (χ0v) is 14.0. The quantitative estimate of drug-likeness (QED) is 0.531. The second kappa shape index (κ2) is 6.58. The predicted octanol–water partition coefficient (Wildman–Crippen LogP) is 2.64. The summed E-state index contributed by atoms with van der Waals surface area (Å²) in [6, 6.07) is 9.92. The lowest BCUT2D eigenvalue weighted by Gasteiger charge is -2.09. The van der Waals surface area contributed by atoms with Crippen LogP contribution in [0.3, 0.4) is 0 Å². The van der Waals surface area contributed by atoms with Gasteiger partial charge in [-0.05, 0) is 12.1 Å². The van der Waals surface area contributed by atoms with Gasteiger partial charge in [-0.25, -0.2) is 9.97 Å². The number of benzene rings is 1. The summed E-state index contributed by atoms with van der Waals surface area (Å²) >= 11 is 1.35. The second-order valence-corrected chi connectivity index (χ2v) is 6.41. The molecule has 0 saturated carbocycles. The van der Waals surface area contributed by atoms with Crippen molar-refractivity contribution in [2.24, 2.45) is 0 Å². The topological polar surface area (TPSA) is 107 Å². The molecule has 0 aliphatic carbocycles. The standard InChI is InChI=1S/C17H15N5O2S/c18-16-20-13-8-10(9-19-15(13)25-16)14-11-4-1-2-5-12(11)21-17(22-14)24-7-3-6-23/h1-2,4-5,8-9,23H,3,6-7H2,(H2,18,20). The van der Waals surface area contributed by atoms with Gasteiger partial charge in [0.05, 0.1) is 17.8 Å². The maximum absolute atomic E-state index is 8.91. The van der Waals surface area contributed by atoms with E-state index in [1.54, 1.807) is 6.20 Å². The largest absolute Gasteiger partial charge is 0.463 e. The number of aliphatic hydroxyl groups excluding tert-OH is 1. The Labute approximate surface area is 147 Å². The number of nitrogen functional groups attached to an aromatic ring is 1. The number of aromatic nitrogens is 4. The molecular formula is C17H15N5O2S. The number of ether oxygens (including phenoxy) is 1. The minimum atomic E-state index is 0.0618. The van der Waals surface area contributed by atoms with Crippen LogP contribution in [0.15, 0.2) is 36.5 Å². The number of pyridine rings is 1. The van der Waals surface area contributed by atoms with Crippen LogP contribution in [0.5, 0.6) is 6.01 Å². The number of aliphatic hydroxyl groups is 1. The number of rotatable bonds is 5. The molecule has 0 amide bonds. The van der Waals surface area contributed by atoms with Gasteiger partial charge in [0.25, 0.3) is 0 Å². The number of anilines is 1. The average molecular weight is 353 g/mol. The number of nitrogens with two attached hydrogens (primary N) is 1. The van der Waals surface area contributed by atoms with Crippen molar-refractivity contribution in [3.8, 4) is 17.3 Å². The molecule has 0 fully saturated rings. The first kappa shape index (κ1) is 15.7. The number of hydrogen-bond donors (Lipinski definition) is 2. The summed E-state index contributed by atoms with van der Waals surface area (Å²) in [6.07, 6.45) is 2.28. The summed E-state index contributed by atoms with van der Waals surface area (Å²) in [5.41, 5.74) is 8.84. The predicted molar refractivity (Wildman–Crippen MR) is 97.6 cm³/mol. The van der Waals surface area contributed by atoms with E-state index in [1.165, 1.54) is 11.3 Å². The molecule has 4 aromatic rings. The average Bonchev–Trinajstić information content (AvgIpc) is 3.00. The number of hydrogen-bond acceptors (Lipinski definition) is 8. The normalized spacial score (nSPS) is 11.2. The molecule has 1 aromatic carbocycles. The van der Waals surface area contributed by atoms with Crippen molar-refractivity contribution in [3.63, 3.8) is 0 Å². The molecule has 3 N–H and O–H groups in total. The SMILES string of the molecule is Nc1nc2cc(-c3nc(OCCCO)nc4ccccc34)cnc2s1. The highest BCUT2D eigenvalue weighted by atomic mass is 32.1. The van der Waals surface area contributed by atoms with Crippen molar-refractivity contribution in [2.75, 3.05) is 18.9 Å². The zero-order chi connectivity index (χ0) is 17.2. The van der Waals surface area contributed by atoms with Crippen LogP contribution in [0, 0.1) is 0 Å². The molecule has 0 aliphatic rings. The highest BCUT2D eigenvalue weighted by Gasteiger charge is 2.13. The van der Waals surface area contributed by atoms with E-state index in [1.807, 2.05) is 30.3 Å². The van der Waals surface area contributed by atoms with E-state index in [2.05, 4.69) is 19.9 Å². The Balaban J connectivity index is 1.85. The molecular weight excluding hydrogens is 338 g/mol. The molecule has 25 heavy (non-hydrogen) atoms. The monoisotopic (exact) mass is 353 g/mol. The van der Waals surface area contributed by atoms with Gasteiger partial charge in [0, 0.05) is 30.2 Å². The molecule has 3 aromatic heterocycles. The molecule has 3 heterocycles. The molecule has 0 atom stereocenters. The van der Waals surface area contributed by atoms with Gasteiger partial charge in [-0.1, -0.05) is 29.5 Å². The van der Waals surface area contributed by atoms with Gasteiger partial charge in [0.15, 0.2) is 5.13 Å². The van der Waals surface area contributed by atoms with Crippen LogP contribution < -0.4 is 10.5 Å². The third kappa shape index (κ3) is 3.09. The van der Waals surface area contributed by atoms with Gasteiger partial charge in [-0.15, -0.1) is 0 Å². The van der Waals surface area contributed by atoms with Gasteiger partial charge in [0.1, 0.15) is 10.3 Å². The number of para-hydroxylation sites is 1. The van der Waals surface area contributed by atoms with Gasteiger partial charge in [-0.2, -0.15) is 9.97 Å². The van der Waals surface area contributed by atoms with Crippen molar-refractivity contribution < 1.29 is 9.84 Å². The Morgan fingerprint density at radius 3 is 2.88 bits per heavy atom. The van der Waals surface area contributed by atoms with Crippen molar-refractivity contribution in [2.45, 2.75) is 6.42 Å². The molecule has 4 rings (SSSR count). The maximum Gasteiger partial charge on any atom is 0.317 e. The Hall–Kier alpha value is -2.84. The summed E-state index contributed by atoms with van der Waals surface area (Å²) in [4.78, 5) is 18.5. The Morgan fingerprint density at radius 2 is 2.00 bits per heavy atom. The Morgan fingerprint density at radius 1 is 1.12 bits per heavy atom. The smallest absolute Gasteiger partial charge is 0.317 e. The van der Waals surface area contributed by atoms with E-state index in [0.717, 1.165) is 32.5 Å². The van der Waals surface area contributed by atoms with Crippen LogP contribution in [-0.2, 0) is 0 Å². The number of nitrogens with zero attached hydrogens (tertiary/aromatic N) is 4. The van der Waals surface area contributed by atoms with Crippen molar-refractivity contribution in [3.05, 3.63) is 36.5 Å². The fourth-order valence-corrected chi connectivity index (χ4v) is 3.19. The highest BCUT2D eigenvalue weighted by Crippen LogP contribution is 2.30. The van der Waals surface area contributed by atoms with Gasteiger partial charge in [-0.3, -0.25) is 0 Å². The van der Waals surface area contributed by atoms with E-state index in [4.69, 9.17) is 15.6 Å². The van der Waals surface area contributed by atoms with Gasteiger partial charge in [0.2, 0.25) is 0 Å². The molecule has 0 bridgehead atoms. The molecule has 0 spiro atoms. The molecule has 126 valence electrons. The number of fused-ring (bicyclic) bond motifs is 2. The minimum Gasteiger partial charge on any atom is -0.463 e. The lowest BCUT2D eigenvalue weighted by molar-refractivity contribution is 0.225. The first-order chi connectivity index (χ1) is 12.2. The Kier molecular flexibility index (Phi) is 4.12. The second-order valence-electron chi connectivity index (χ2n) is 5.40. The summed E-state index contributed by atoms with van der Waals surface area (Å²) in [5.74, 6) is 0. The lowest BCUT2D eigenvalue weighted by atomic mass is 10.1. The van der Waals surface area contributed by atoms with Crippen molar-refractivity contribution >= 4 is 37.7 Å². The first-order valence-electron chi connectivity index (χ1n) is 7.77. The molecule has 0 saturated heterocycles. The highest BCUT2D eigenvalue weighted by molar-refractivity contribution is 7.21. The minimum absolute atomic E-state index is 0.0618. The third-order valence-electron chi connectivity index (χ3n) is 3.65. The number of thiazole rings is 1. The zero-order valence-electron chi connectivity index (χ0n) is 13.2. The summed E-state index contributed by atoms with van der Waals surface area (Å²) in [5, 5.41) is 10.3. The van der Waals surface area contributed by atoms with Crippen LogP contribution in [0.1, 0.15) is 6.42 Å². The maximum atomic E-state index is 8.91. The first-order valence-corrected chi connectivity index (χ1v) is 8.59. The van der Waals surface area contributed by atoms with E-state index < -0.39 is 0 Å². The summed E-state index contributed by atoms with van der Waals surface area (Å²) in [6.45, 7) is 0.417. The molecule has 0 unspecified atom stereocenters. The van der Waals surface area contributed by atoms with E-state index in [-0.39, 0.29) is 12.6 Å². The summed E-state index contributed by atoms with van der Waals surface area (Å²) in [7, 11) is 0. The molecule has 0 radical (unpaired) electrons. The fraction of sp³-hybridized carbons (Fsp3) is 0.176. The molecule has 8 heteroatoms. The van der Waals surface area contributed by atoms with Crippen molar-refractivity contribution in [1.82, 2.24) is 19.9 Å².